The fraction of sp³-hybridized carbons (Fsp3) is 0.333. The van der Waals surface area contributed by atoms with Crippen LogP contribution in [0.5, 0.6) is 0 Å². The van der Waals surface area contributed by atoms with Crippen molar-refractivity contribution in [2.24, 2.45) is 0 Å². The topological polar surface area (TPSA) is 96.7 Å². The minimum atomic E-state index is -0.789. The molecule has 7 heteroatoms. The van der Waals surface area contributed by atoms with Gasteiger partial charge in [-0.05, 0) is 12.1 Å². The molecule has 1 rings (SSSR count). The van der Waals surface area contributed by atoms with E-state index in [-0.39, 0.29) is 24.1 Å². The van der Waals surface area contributed by atoms with Gasteiger partial charge in [0.05, 0.1) is 30.7 Å². The first kappa shape index (κ1) is 17.2. The Morgan fingerprint density at radius 3 is 2.32 bits per heavy atom. The first-order chi connectivity index (χ1) is 10.5. The van der Waals surface area contributed by atoms with Crippen molar-refractivity contribution in [3.63, 3.8) is 0 Å². The van der Waals surface area contributed by atoms with Crippen LogP contribution in [0, 0.1) is 11.3 Å². The van der Waals surface area contributed by atoms with Gasteiger partial charge in [-0.1, -0.05) is 12.1 Å². The summed E-state index contributed by atoms with van der Waals surface area (Å²) in [6.07, 6.45) is 0.196. The van der Waals surface area contributed by atoms with Crippen LogP contribution in [0.4, 0.5) is 0 Å². The lowest BCUT2D eigenvalue weighted by atomic mass is 10.1. The van der Waals surface area contributed by atoms with Crippen LogP contribution in [0.3, 0.4) is 0 Å². The SMILES string of the molecule is COC(=O)c1ccccc1C(=O)OCC(=O)N(C)CCC#N. The molecule has 0 unspecified atom stereocenters. The number of carbonyl (C=O) groups is 3. The van der Waals surface area contributed by atoms with Crippen molar-refractivity contribution in [1.29, 1.82) is 5.26 Å². The molecule has 0 heterocycles. The van der Waals surface area contributed by atoms with Crippen LogP contribution in [-0.4, -0.2) is 50.1 Å². The molecule has 0 saturated heterocycles. The smallest absolute Gasteiger partial charge is 0.339 e. The van der Waals surface area contributed by atoms with E-state index in [0.717, 1.165) is 0 Å². The van der Waals surface area contributed by atoms with Crippen molar-refractivity contribution in [1.82, 2.24) is 4.90 Å². The van der Waals surface area contributed by atoms with Crippen LogP contribution in [-0.2, 0) is 14.3 Å². The summed E-state index contributed by atoms with van der Waals surface area (Å²) in [6, 6.07) is 7.93. The van der Waals surface area contributed by atoms with E-state index in [1.54, 1.807) is 12.1 Å². The molecule has 0 atom stereocenters. The fourth-order valence-electron chi connectivity index (χ4n) is 1.61. The van der Waals surface area contributed by atoms with E-state index in [4.69, 9.17) is 10.00 Å². The molecule has 0 aliphatic rings. The van der Waals surface area contributed by atoms with Crippen molar-refractivity contribution < 1.29 is 23.9 Å². The Morgan fingerprint density at radius 1 is 1.18 bits per heavy atom. The minimum Gasteiger partial charge on any atom is -0.465 e. The van der Waals surface area contributed by atoms with Crippen LogP contribution < -0.4 is 0 Å². The first-order valence-corrected chi connectivity index (χ1v) is 6.46. The van der Waals surface area contributed by atoms with E-state index < -0.39 is 24.5 Å². The predicted octanol–water partition coefficient (Wildman–Crippen LogP) is 1.00. The summed E-state index contributed by atoms with van der Waals surface area (Å²) in [5.41, 5.74) is 0.0992. The third-order valence-electron chi connectivity index (χ3n) is 2.86. The van der Waals surface area contributed by atoms with Gasteiger partial charge in [0, 0.05) is 13.6 Å². The second-order valence-electron chi connectivity index (χ2n) is 4.34. The standard InChI is InChI=1S/C15H16N2O5/c1-17(9-5-8-16)13(18)10-22-15(20)12-7-4-3-6-11(12)14(19)21-2/h3-4,6-7H,5,9-10H2,1-2H3. The Labute approximate surface area is 128 Å². The number of rotatable bonds is 6. The van der Waals surface area contributed by atoms with Gasteiger partial charge in [0.25, 0.3) is 5.91 Å². The van der Waals surface area contributed by atoms with Gasteiger partial charge in [-0.2, -0.15) is 5.26 Å². The van der Waals surface area contributed by atoms with Crippen molar-refractivity contribution in [2.45, 2.75) is 6.42 Å². The molecule has 0 fully saturated rings. The van der Waals surface area contributed by atoms with Gasteiger partial charge in [-0.15, -0.1) is 0 Å². The summed E-state index contributed by atoms with van der Waals surface area (Å²) >= 11 is 0. The van der Waals surface area contributed by atoms with Gasteiger partial charge in [0.15, 0.2) is 6.61 Å². The summed E-state index contributed by atoms with van der Waals surface area (Å²) in [4.78, 5) is 36.5. The number of amides is 1. The maximum atomic E-state index is 12.0. The molecule has 22 heavy (non-hydrogen) atoms. The molecule has 0 spiro atoms. The molecule has 1 aromatic rings. The molecule has 0 aliphatic heterocycles. The molecule has 0 aliphatic carbocycles. The number of carbonyl (C=O) groups excluding carboxylic acids is 3. The van der Waals surface area contributed by atoms with Crippen LogP contribution in [0.25, 0.3) is 0 Å². The summed E-state index contributed by atoms with van der Waals surface area (Å²) in [5, 5.41) is 8.45. The summed E-state index contributed by atoms with van der Waals surface area (Å²) < 4.78 is 9.49. The summed E-state index contributed by atoms with van der Waals surface area (Å²) in [7, 11) is 2.72. The zero-order chi connectivity index (χ0) is 16.5. The number of hydrogen-bond donors (Lipinski definition) is 0. The summed E-state index contributed by atoms with van der Waals surface area (Å²) in [5.74, 6) is -1.88. The molecular weight excluding hydrogens is 288 g/mol. The molecule has 0 radical (unpaired) electrons. The molecule has 1 amide bonds. The van der Waals surface area contributed by atoms with Crippen molar-refractivity contribution >= 4 is 17.8 Å². The molecule has 1 aromatic carbocycles. The highest BCUT2D eigenvalue weighted by atomic mass is 16.5. The van der Waals surface area contributed by atoms with Gasteiger partial charge in [-0.25, -0.2) is 9.59 Å². The maximum absolute atomic E-state index is 12.0. The first-order valence-electron chi connectivity index (χ1n) is 6.46. The third kappa shape index (κ3) is 4.59. The Morgan fingerprint density at radius 2 is 1.77 bits per heavy atom. The van der Waals surface area contributed by atoms with Crippen molar-refractivity contribution in [3.8, 4) is 6.07 Å². The average molecular weight is 304 g/mol. The van der Waals surface area contributed by atoms with E-state index in [1.165, 1.54) is 31.2 Å². The Balaban J connectivity index is 2.69. The number of methoxy groups -OCH3 is 1. The lowest BCUT2D eigenvalue weighted by Crippen LogP contribution is -2.32. The van der Waals surface area contributed by atoms with Gasteiger partial charge in [0.2, 0.25) is 0 Å². The second-order valence-corrected chi connectivity index (χ2v) is 4.34. The normalized spacial score (nSPS) is 9.50. The number of nitrogens with zero attached hydrogens (tertiary/aromatic N) is 2. The maximum Gasteiger partial charge on any atom is 0.339 e. The highest BCUT2D eigenvalue weighted by molar-refractivity contribution is 6.03. The van der Waals surface area contributed by atoms with Crippen LogP contribution >= 0.6 is 0 Å². The van der Waals surface area contributed by atoms with Gasteiger partial charge in [0.1, 0.15) is 0 Å². The predicted molar refractivity (Wildman–Crippen MR) is 75.9 cm³/mol. The lowest BCUT2D eigenvalue weighted by Gasteiger charge is -2.15. The number of hydrogen-bond acceptors (Lipinski definition) is 6. The second kappa shape index (κ2) is 8.42. The van der Waals surface area contributed by atoms with Crippen molar-refractivity contribution in [2.75, 3.05) is 27.3 Å². The van der Waals surface area contributed by atoms with E-state index in [9.17, 15) is 14.4 Å². The van der Waals surface area contributed by atoms with Gasteiger partial charge in [-0.3, -0.25) is 4.79 Å². The summed E-state index contributed by atoms with van der Waals surface area (Å²) in [6.45, 7) is -0.206. The minimum absolute atomic E-state index is 0.0295. The highest BCUT2D eigenvalue weighted by Gasteiger charge is 2.19. The average Bonchev–Trinajstić information content (AvgIpc) is 2.56. The number of nitriles is 1. The monoisotopic (exact) mass is 304 g/mol. The fourth-order valence-corrected chi connectivity index (χ4v) is 1.61. The molecule has 7 nitrogen and oxygen atoms in total. The third-order valence-corrected chi connectivity index (χ3v) is 2.86. The zero-order valence-electron chi connectivity index (χ0n) is 12.4. The van der Waals surface area contributed by atoms with Crippen LogP contribution in [0.15, 0.2) is 24.3 Å². The lowest BCUT2D eigenvalue weighted by molar-refractivity contribution is -0.133. The van der Waals surface area contributed by atoms with E-state index in [0.29, 0.717) is 0 Å². The van der Waals surface area contributed by atoms with Crippen molar-refractivity contribution in [3.05, 3.63) is 35.4 Å². The number of esters is 2. The van der Waals surface area contributed by atoms with Crippen LogP contribution in [0.2, 0.25) is 0 Å². The largest absolute Gasteiger partial charge is 0.465 e. The van der Waals surface area contributed by atoms with E-state index in [1.807, 2.05) is 6.07 Å². The molecule has 0 aromatic heterocycles. The van der Waals surface area contributed by atoms with Crippen LogP contribution in [0.1, 0.15) is 27.1 Å². The molecular formula is C15H16N2O5. The zero-order valence-corrected chi connectivity index (χ0v) is 12.4. The van der Waals surface area contributed by atoms with Gasteiger partial charge >= 0.3 is 11.9 Å². The quantitative estimate of drug-likeness (QED) is 0.727. The Hall–Kier alpha value is -2.88. The van der Waals surface area contributed by atoms with E-state index >= 15 is 0 Å². The number of benzene rings is 1. The Kier molecular flexibility index (Phi) is 6.57. The number of likely N-dealkylation sites (N-methyl/N-ethyl adjacent to an activating group) is 1. The number of ether oxygens (including phenoxy) is 2. The van der Waals surface area contributed by atoms with Gasteiger partial charge < -0.3 is 14.4 Å². The Bertz CT molecular complexity index is 606. The molecule has 0 N–H and O–H groups in total. The highest BCUT2D eigenvalue weighted by Crippen LogP contribution is 2.11. The molecule has 116 valence electrons. The van der Waals surface area contributed by atoms with E-state index in [2.05, 4.69) is 4.74 Å². The molecule has 0 saturated carbocycles. The molecule has 0 bridgehead atoms.